The minimum atomic E-state index is -0.744. The van der Waals surface area contributed by atoms with Crippen LogP contribution in [0.5, 0.6) is 0 Å². The number of rotatable bonds is 5. The summed E-state index contributed by atoms with van der Waals surface area (Å²) in [6, 6.07) is 8.01. The molecule has 0 aliphatic carbocycles. The summed E-state index contributed by atoms with van der Waals surface area (Å²) < 4.78 is 7.38. The third-order valence-corrected chi connectivity index (χ3v) is 4.74. The van der Waals surface area contributed by atoms with Crippen molar-refractivity contribution in [1.29, 1.82) is 0 Å². The zero-order valence-electron chi connectivity index (χ0n) is 15.2. The summed E-state index contributed by atoms with van der Waals surface area (Å²) >= 11 is 0. The average molecular weight is 343 g/mol. The molecular formula is C19H25N3O3. The lowest BCUT2D eigenvalue weighted by Crippen LogP contribution is -2.41. The zero-order chi connectivity index (χ0) is 18.2. The summed E-state index contributed by atoms with van der Waals surface area (Å²) in [6.45, 7) is 8.91. The number of hydrogen-bond donors (Lipinski definition) is 1. The van der Waals surface area contributed by atoms with Gasteiger partial charge >= 0.3 is 5.97 Å². The minimum absolute atomic E-state index is 0.133. The number of nitrogens with one attached hydrogen (secondary N) is 1. The number of amides is 1. The van der Waals surface area contributed by atoms with Gasteiger partial charge in [0.05, 0.1) is 23.4 Å². The molecule has 1 atom stereocenters. The lowest BCUT2D eigenvalue weighted by molar-refractivity contribution is -0.147. The number of nitrogens with zero attached hydrogens (tertiary/aromatic N) is 2. The first-order valence-electron chi connectivity index (χ1n) is 8.74. The van der Waals surface area contributed by atoms with Crippen LogP contribution in [0.4, 0.5) is 0 Å². The summed E-state index contributed by atoms with van der Waals surface area (Å²) in [4.78, 5) is 28.6. The molecule has 6 nitrogen and oxygen atoms in total. The number of fused-ring (bicyclic) bond motifs is 1. The second-order valence-corrected chi connectivity index (χ2v) is 7.39. The molecule has 0 unspecified atom stereocenters. The number of esters is 1. The van der Waals surface area contributed by atoms with Crippen molar-refractivity contribution in [1.82, 2.24) is 14.9 Å². The number of hydrogen-bond acceptors (Lipinski definition) is 4. The minimum Gasteiger partial charge on any atom is -0.459 e. The summed E-state index contributed by atoms with van der Waals surface area (Å²) in [7, 11) is 0. The van der Waals surface area contributed by atoms with Gasteiger partial charge in [0, 0.05) is 19.0 Å². The van der Waals surface area contributed by atoms with Gasteiger partial charge in [0.25, 0.3) is 0 Å². The highest BCUT2D eigenvalue weighted by Crippen LogP contribution is 2.32. The van der Waals surface area contributed by atoms with Crippen LogP contribution in [0.1, 0.15) is 45.9 Å². The molecule has 1 amide bonds. The molecule has 2 aromatic rings. The molecule has 1 aromatic heterocycles. The van der Waals surface area contributed by atoms with Gasteiger partial charge in [-0.15, -0.1) is 0 Å². The van der Waals surface area contributed by atoms with Crippen molar-refractivity contribution in [2.45, 2.75) is 52.2 Å². The van der Waals surface area contributed by atoms with E-state index in [4.69, 9.17) is 9.72 Å². The van der Waals surface area contributed by atoms with Crippen LogP contribution in [-0.4, -0.2) is 33.6 Å². The van der Waals surface area contributed by atoms with Gasteiger partial charge in [-0.05, 0) is 26.0 Å². The van der Waals surface area contributed by atoms with Gasteiger partial charge in [0.1, 0.15) is 11.4 Å². The molecule has 0 saturated carbocycles. The van der Waals surface area contributed by atoms with E-state index in [0.29, 0.717) is 19.0 Å². The molecule has 0 radical (unpaired) electrons. The predicted octanol–water partition coefficient (Wildman–Crippen LogP) is 2.62. The quantitative estimate of drug-likeness (QED) is 0.847. The first-order valence-corrected chi connectivity index (χ1v) is 8.74. The number of imidazole rings is 1. The zero-order valence-corrected chi connectivity index (χ0v) is 15.2. The van der Waals surface area contributed by atoms with E-state index in [1.54, 1.807) is 13.8 Å². The van der Waals surface area contributed by atoms with E-state index in [1.807, 2.05) is 24.3 Å². The van der Waals surface area contributed by atoms with E-state index in [9.17, 15) is 9.59 Å². The van der Waals surface area contributed by atoms with E-state index in [1.165, 1.54) is 0 Å². The molecule has 1 N–H and O–H groups in total. The highest BCUT2D eigenvalue weighted by atomic mass is 16.6. The van der Waals surface area contributed by atoms with Gasteiger partial charge in [-0.3, -0.25) is 9.59 Å². The van der Waals surface area contributed by atoms with Crippen LogP contribution in [0, 0.1) is 5.92 Å². The predicted molar refractivity (Wildman–Crippen MR) is 95.1 cm³/mol. The van der Waals surface area contributed by atoms with Crippen molar-refractivity contribution in [3.63, 3.8) is 0 Å². The molecule has 2 heterocycles. The van der Waals surface area contributed by atoms with E-state index in [0.717, 1.165) is 16.9 Å². The van der Waals surface area contributed by atoms with Gasteiger partial charge in [0.2, 0.25) is 5.91 Å². The number of benzene rings is 1. The maximum absolute atomic E-state index is 12.4. The number of carbonyl (C=O) groups excluding carboxylic acids is 2. The second kappa shape index (κ2) is 6.50. The van der Waals surface area contributed by atoms with Crippen molar-refractivity contribution >= 4 is 22.9 Å². The largest absolute Gasteiger partial charge is 0.459 e. The van der Waals surface area contributed by atoms with Crippen molar-refractivity contribution in [3.05, 3.63) is 30.1 Å². The van der Waals surface area contributed by atoms with Gasteiger partial charge in [-0.1, -0.05) is 26.0 Å². The molecule has 1 aliphatic heterocycles. The molecule has 6 heteroatoms. The summed E-state index contributed by atoms with van der Waals surface area (Å²) in [5.41, 5.74) is 1.29. The number of cyclic esters (lactones) is 1. The molecule has 0 bridgehead atoms. The van der Waals surface area contributed by atoms with E-state index >= 15 is 0 Å². The number of aromatic nitrogens is 2. The molecule has 134 valence electrons. The Balaban J connectivity index is 1.70. The molecule has 1 saturated heterocycles. The highest BCUT2D eigenvalue weighted by molar-refractivity contribution is 5.87. The van der Waals surface area contributed by atoms with E-state index in [2.05, 4.69) is 23.7 Å². The van der Waals surface area contributed by atoms with Gasteiger partial charge in [0.15, 0.2) is 0 Å². The van der Waals surface area contributed by atoms with Crippen LogP contribution in [0.2, 0.25) is 0 Å². The maximum Gasteiger partial charge on any atom is 0.307 e. The number of para-hydroxylation sites is 2. The standard InChI is InChI=1S/C19H25N3O3/c1-12(2)17-21-14-7-5-6-8-15(14)22(17)10-9-20-18(24)13-11-16(23)25-19(13,3)4/h5-8,12-13H,9-11H2,1-4H3,(H,20,24)/t13-/m1/s1. The Hall–Kier alpha value is -2.37. The smallest absolute Gasteiger partial charge is 0.307 e. The van der Waals surface area contributed by atoms with Crippen LogP contribution < -0.4 is 5.32 Å². The Bertz CT molecular complexity index is 807. The van der Waals surface area contributed by atoms with Crippen LogP contribution in [0.3, 0.4) is 0 Å². The SMILES string of the molecule is CC(C)c1nc2ccccc2n1CCNC(=O)[C@H]1CC(=O)OC1(C)C. The van der Waals surface area contributed by atoms with Crippen LogP contribution in [0.15, 0.2) is 24.3 Å². The number of carbonyl (C=O) groups is 2. The Morgan fingerprint density at radius 1 is 1.40 bits per heavy atom. The molecule has 1 aliphatic rings. The Labute approximate surface area is 147 Å². The first-order chi connectivity index (χ1) is 11.8. The molecule has 3 rings (SSSR count). The van der Waals surface area contributed by atoms with Crippen molar-refractivity contribution < 1.29 is 14.3 Å². The van der Waals surface area contributed by atoms with Gasteiger partial charge < -0.3 is 14.6 Å². The van der Waals surface area contributed by atoms with Crippen LogP contribution >= 0.6 is 0 Å². The topological polar surface area (TPSA) is 73.2 Å². The molecule has 1 fully saturated rings. The molecule has 0 spiro atoms. The van der Waals surface area contributed by atoms with Crippen LogP contribution in [-0.2, 0) is 20.9 Å². The third kappa shape index (κ3) is 3.38. The fraction of sp³-hybridized carbons (Fsp3) is 0.526. The fourth-order valence-electron chi connectivity index (χ4n) is 3.41. The summed E-state index contributed by atoms with van der Waals surface area (Å²) in [6.07, 6.45) is 0.143. The highest BCUT2D eigenvalue weighted by Gasteiger charge is 2.45. The number of ether oxygens (including phenoxy) is 1. The Morgan fingerprint density at radius 3 is 2.76 bits per heavy atom. The maximum atomic E-state index is 12.4. The van der Waals surface area contributed by atoms with Crippen molar-refractivity contribution in [2.75, 3.05) is 6.54 Å². The third-order valence-electron chi connectivity index (χ3n) is 4.74. The molecule has 25 heavy (non-hydrogen) atoms. The lowest BCUT2D eigenvalue weighted by atomic mass is 9.90. The van der Waals surface area contributed by atoms with E-state index in [-0.39, 0.29) is 18.3 Å². The van der Waals surface area contributed by atoms with Gasteiger partial charge in [-0.2, -0.15) is 0 Å². The Kier molecular flexibility index (Phi) is 4.54. The van der Waals surface area contributed by atoms with E-state index < -0.39 is 11.5 Å². The molecular weight excluding hydrogens is 318 g/mol. The van der Waals surface area contributed by atoms with Gasteiger partial charge in [-0.25, -0.2) is 4.98 Å². The Morgan fingerprint density at radius 2 is 2.12 bits per heavy atom. The van der Waals surface area contributed by atoms with Crippen LogP contribution in [0.25, 0.3) is 11.0 Å². The average Bonchev–Trinajstić information content (AvgIpc) is 3.04. The molecule has 1 aromatic carbocycles. The normalized spacial score (nSPS) is 19.4. The van der Waals surface area contributed by atoms with Crippen molar-refractivity contribution in [3.8, 4) is 0 Å². The fourth-order valence-corrected chi connectivity index (χ4v) is 3.41. The summed E-state index contributed by atoms with van der Waals surface area (Å²) in [5, 5.41) is 2.95. The second-order valence-electron chi connectivity index (χ2n) is 7.39. The monoisotopic (exact) mass is 343 g/mol. The first kappa shape index (κ1) is 17.5. The van der Waals surface area contributed by atoms with Crippen molar-refractivity contribution in [2.24, 2.45) is 5.92 Å². The lowest BCUT2D eigenvalue weighted by Gasteiger charge is -2.23. The summed E-state index contributed by atoms with van der Waals surface area (Å²) in [5.74, 6) is 0.418.